The largest absolute Gasteiger partial charge is 0.394 e. The molecule has 0 radical (unpaired) electrons. The van der Waals surface area contributed by atoms with Crippen LogP contribution in [0, 0.1) is 0 Å². The fraction of sp³-hybridized carbons (Fsp3) is 1.00. The van der Waals surface area contributed by atoms with Crippen LogP contribution in [0.15, 0.2) is 0 Å². The van der Waals surface area contributed by atoms with Crippen molar-refractivity contribution >= 4 is 0 Å². The molecule has 2 N–H and O–H groups in total. The lowest BCUT2D eigenvalue weighted by molar-refractivity contribution is 0.150. The monoisotopic (exact) mass is 259 g/mol. The van der Waals surface area contributed by atoms with E-state index in [0.29, 0.717) is 0 Å². The van der Waals surface area contributed by atoms with Gasteiger partial charge in [0.1, 0.15) is 0 Å². The van der Waals surface area contributed by atoms with Gasteiger partial charge in [-0.15, -0.1) is 0 Å². The first kappa shape index (κ1) is 17.8. The predicted molar refractivity (Wildman–Crippen MR) is 79.1 cm³/mol. The Bertz CT molecular complexity index is 199. The van der Waals surface area contributed by atoms with Gasteiger partial charge >= 0.3 is 0 Å². The molecule has 0 aliphatic carbocycles. The molecule has 110 valence electrons. The number of hydrogen-bond acceptors (Lipinski definition) is 4. The Morgan fingerprint density at radius 1 is 1.11 bits per heavy atom. The second kappa shape index (κ2) is 9.73. The van der Waals surface area contributed by atoms with Gasteiger partial charge < -0.3 is 20.2 Å². The number of hydrogen-bond donors (Lipinski definition) is 2. The first-order valence-electron chi connectivity index (χ1n) is 7.12. The molecule has 0 aliphatic heterocycles. The van der Waals surface area contributed by atoms with E-state index in [9.17, 15) is 5.11 Å². The molecular weight excluding hydrogens is 226 g/mol. The van der Waals surface area contributed by atoms with Crippen molar-refractivity contribution in [3.8, 4) is 0 Å². The van der Waals surface area contributed by atoms with Gasteiger partial charge in [0.2, 0.25) is 0 Å². The molecule has 0 fully saturated rings. The SMILES string of the molecule is CCCNC(C)(CO)CCN(C)CCCN(C)C. The lowest BCUT2D eigenvalue weighted by Gasteiger charge is -2.31. The van der Waals surface area contributed by atoms with Gasteiger partial charge in [-0.2, -0.15) is 0 Å². The second-order valence-electron chi connectivity index (χ2n) is 5.86. The summed E-state index contributed by atoms with van der Waals surface area (Å²) in [6, 6.07) is 0. The van der Waals surface area contributed by atoms with Crippen molar-refractivity contribution in [1.29, 1.82) is 0 Å². The van der Waals surface area contributed by atoms with Crippen LogP contribution in [0.5, 0.6) is 0 Å². The van der Waals surface area contributed by atoms with Crippen molar-refractivity contribution in [3.63, 3.8) is 0 Å². The molecule has 0 aromatic carbocycles. The van der Waals surface area contributed by atoms with Gasteiger partial charge in [0.15, 0.2) is 0 Å². The predicted octanol–water partition coefficient (Wildman–Crippen LogP) is 1.01. The van der Waals surface area contributed by atoms with E-state index in [2.05, 4.69) is 50.1 Å². The van der Waals surface area contributed by atoms with E-state index >= 15 is 0 Å². The smallest absolute Gasteiger partial charge is 0.0611 e. The van der Waals surface area contributed by atoms with Gasteiger partial charge in [0, 0.05) is 5.54 Å². The Labute approximate surface area is 113 Å². The summed E-state index contributed by atoms with van der Waals surface area (Å²) in [4.78, 5) is 4.57. The zero-order valence-corrected chi connectivity index (χ0v) is 13.0. The molecule has 0 aromatic heterocycles. The van der Waals surface area contributed by atoms with E-state index in [1.54, 1.807) is 0 Å². The van der Waals surface area contributed by atoms with Gasteiger partial charge in [0.25, 0.3) is 0 Å². The highest BCUT2D eigenvalue weighted by Crippen LogP contribution is 2.09. The maximum atomic E-state index is 9.49. The average Bonchev–Trinajstić information content (AvgIpc) is 2.33. The summed E-state index contributed by atoms with van der Waals surface area (Å²) >= 11 is 0. The summed E-state index contributed by atoms with van der Waals surface area (Å²) < 4.78 is 0. The topological polar surface area (TPSA) is 38.7 Å². The molecule has 0 bridgehead atoms. The molecule has 0 saturated carbocycles. The lowest BCUT2D eigenvalue weighted by Crippen LogP contribution is -2.48. The highest BCUT2D eigenvalue weighted by atomic mass is 16.3. The minimum atomic E-state index is -0.133. The zero-order valence-electron chi connectivity index (χ0n) is 13.0. The molecule has 1 unspecified atom stereocenters. The average molecular weight is 259 g/mol. The Morgan fingerprint density at radius 2 is 1.78 bits per heavy atom. The van der Waals surface area contributed by atoms with Crippen LogP contribution in [0.4, 0.5) is 0 Å². The third kappa shape index (κ3) is 8.86. The standard InChI is InChI=1S/C14H33N3O/c1-6-9-15-14(2,13-18)8-12-17(5)11-7-10-16(3)4/h15,18H,6-13H2,1-5H3. The number of rotatable bonds is 11. The molecular formula is C14H33N3O. The quantitative estimate of drug-likeness (QED) is 0.581. The maximum Gasteiger partial charge on any atom is 0.0611 e. The molecule has 0 spiro atoms. The van der Waals surface area contributed by atoms with Crippen molar-refractivity contribution in [2.75, 3.05) is 53.9 Å². The van der Waals surface area contributed by atoms with Gasteiger partial charge in [-0.25, -0.2) is 0 Å². The molecule has 0 rings (SSSR count). The third-order valence-electron chi connectivity index (χ3n) is 3.34. The van der Waals surface area contributed by atoms with Crippen molar-refractivity contribution in [3.05, 3.63) is 0 Å². The van der Waals surface area contributed by atoms with Crippen LogP contribution >= 0.6 is 0 Å². The Kier molecular flexibility index (Phi) is 9.64. The molecule has 18 heavy (non-hydrogen) atoms. The van der Waals surface area contributed by atoms with Gasteiger partial charge in [0.05, 0.1) is 6.61 Å². The minimum absolute atomic E-state index is 0.133. The summed E-state index contributed by atoms with van der Waals surface area (Å²) in [6.07, 6.45) is 3.29. The molecule has 0 aromatic rings. The molecule has 0 saturated heterocycles. The summed E-state index contributed by atoms with van der Waals surface area (Å²) in [6.45, 7) is 8.72. The lowest BCUT2D eigenvalue weighted by atomic mass is 9.98. The van der Waals surface area contributed by atoms with Crippen LogP contribution < -0.4 is 5.32 Å². The second-order valence-corrected chi connectivity index (χ2v) is 5.86. The fourth-order valence-corrected chi connectivity index (χ4v) is 1.86. The van der Waals surface area contributed by atoms with E-state index in [1.807, 2.05) is 0 Å². The van der Waals surface area contributed by atoms with Crippen molar-refractivity contribution in [2.45, 2.75) is 38.6 Å². The summed E-state index contributed by atoms with van der Waals surface area (Å²) in [5.41, 5.74) is -0.133. The molecule has 0 aliphatic rings. The van der Waals surface area contributed by atoms with Crippen LogP contribution in [0.25, 0.3) is 0 Å². The van der Waals surface area contributed by atoms with Crippen molar-refractivity contribution < 1.29 is 5.11 Å². The zero-order chi connectivity index (χ0) is 14.0. The Hall–Kier alpha value is -0.160. The van der Waals surface area contributed by atoms with Crippen LogP contribution in [0.2, 0.25) is 0 Å². The van der Waals surface area contributed by atoms with E-state index in [4.69, 9.17) is 0 Å². The van der Waals surface area contributed by atoms with E-state index in [1.165, 1.54) is 6.42 Å². The number of nitrogens with zero attached hydrogens (tertiary/aromatic N) is 2. The number of aliphatic hydroxyl groups is 1. The van der Waals surface area contributed by atoms with Gasteiger partial charge in [-0.1, -0.05) is 6.92 Å². The summed E-state index contributed by atoms with van der Waals surface area (Å²) in [5.74, 6) is 0. The molecule has 1 atom stereocenters. The van der Waals surface area contributed by atoms with E-state index in [0.717, 1.165) is 39.0 Å². The third-order valence-corrected chi connectivity index (χ3v) is 3.34. The fourth-order valence-electron chi connectivity index (χ4n) is 1.86. The van der Waals surface area contributed by atoms with E-state index in [-0.39, 0.29) is 12.1 Å². The van der Waals surface area contributed by atoms with Crippen LogP contribution in [0.1, 0.15) is 33.1 Å². The first-order chi connectivity index (χ1) is 8.43. The van der Waals surface area contributed by atoms with Crippen LogP contribution in [-0.4, -0.2) is 74.4 Å². The van der Waals surface area contributed by atoms with Crippen molar-refractivity contribution in [1.82, 2.24) is 15.1 Å². The van der Waals surface area contributed by atoms with Crippen LogP contribution in [0.3, 0.4) is 0 Å². The molecule has 4 nitrogen and oxygen atoms in total. The number of nitrogens with one attached hydrogen (secondary N) is 1. The highest BCUT2D eigenvalue weighted by molar-refractivity contribution is 4.83. The highest BCUT2D eigenvalue weighted by Gasteiger charge is 2.22. The van der Waals surface area contributed by atoms with E-state index < -0.39 is 0 Å². The summed E-state index contributed by atoms with van der Waals surface area (Å²) in [7, 11) is 6.38. The van der Waals surface area contributed by atoms with Crippen LogP contribution in [-0.2, 0) is 0 Å². The maximum absolute atomic E-state index is 9.49. The Balaban J connectivity index is 3.82. The molecule has 0 amide bonds. The summed E-state index contributed by atoms with van der Waals surface area (Å²) in [5, 5.41) is 12.9. The normalized spacial score (nSPS) is 15.3. The Morgan fingerprint density at radius 3 is 2.28 bits per heavy atom. The molecule has 4 heteroatoms. The van der Waals surface area contributed by atoms with Gasteiger partial charge in [-0.05, 0) is 73.5 Å². The minimum Gasteiger partial charge on any atom is -0.394 e. The first-order valence-corrected chi connectivity index (χ1v) is 7.12. The number of aliphatic hydroxyl groups excluding tert-OH is 1. The van der Waals surface area contributed by atoms with Crippen molar-refractivity contribution in [2.24, 2.45) is 0 Å². The van der Waals surface area contributed by atoms with Gasteiger partial charge in [-0.3, -0.25) is 0 Å². The molecule has 0 heterocycles.